The number of hydrogen-bond donors (Lipinski definition) is 1. The van der Waals surface area contributed by atoms with Gasteiger partial charge in [-0.15, -0.1) is 0 Å². The van der Waals surface area contributed by atoms with Crippen LogP contribution in [-0.2, 0) is 13.0 Å². The summed E-state index contributed by atoms with van der Waals surface area (Å²) < 4.78 is 30.1. The van der Waals surface area contributed by atoms with Gasteiger partial charge < -0.3 is 24.1 Å². The molecule has 0 bridgehead atoms. The lowest BCUT2D eigenvalue weighted by Gasteiger charge is -2.29. The van der Waals surface area contributed by atoms with Gasteiger partial charge in [-0.05, 0) is 84.3 Å². The molecule has 8 heteroatoms. The van der Waals surface area contributed by atoms with E-state index in [0.717, 1.165) is 16.7 Å². The molecule has 0 atom stereocenters. The van der Waals surface area contributed by atoms with E-state index in [0.29, 0.717) is 42.5 Å². The average Bonchev–Trinajstić information content (AvgIpc) is 3.42. The van der Waals surface area contributed by atoms with Crippen molar-refractivity contribution in [2.75, 3.05) is 26.1 Å². The van der Waals surface area contributed by atoms with Crippen molar-refractivity contribution in [3.8, 4) is 22.8 Å². The molecule has 1 aliphatic heterocycles. The summed E-state index contributed by atoms with van der Waals surface area (Å²) in [4.78, 5) is 27.3. The second-order valence-electron chi connectivity index (χ2n) is 8.66. The number of ether oxygens (including phenoxy) is 2. The van der Waals surface area contributed by atoms with E-state index in [2.05, 4.69) is 5.32 Å². The first-order chi connectivity index (χ1) is 17.9. The Morgan fingerprint density at radius 1 is 0.919 bits per heavy atom. The summed E-state index contributed by atoms with van der Waals surface area (Å²) in [7, 11) is 3.19. The van der Waals surface area contributed by atoms with Crippen LogP contribution in [0.5, 0.6) is 11.5 Å². The van der Waals surface area contributed by atoms with Gasteiger partial charge >= 0.3 is 0 Å². The molecule has 1 N–H and O–H groups in total. The Morgan fingerprint density at radius 2 is 1.65 bits per heavy atom. The van der Waals surface area contributed by atoms with Crippen LogP contribution in [0.15, 0.2) is 77.2 Å². The van der Waals surface area contributed by atoms with Crippen LogP contribution in [0.2, 0.25) is 0 Å². The summed E-state index contributed by atoms with van der Waals surface area (Å²) in [5.41, 5.74) is 3.69. The van der Waals surface area contributed by atoms with Gasteiger partial charge in [-0.1, -0.05) is 6.07 Å². The lowest BCUT2D eigenvalue weighted by molar-refractivity contribution is 0.0703. The molecule has 5 rings (SSSR count). The normalized spacial score (nSPS) is 12.6. The third kappa shape index (κ3) is 5.04. The molecule has 0 saturated heterocycles. The van der Waals surface area contributed by atoms with Crippen LogP contribution in [-0.4, -0.2) is 37.5 Å². The maximum atomic E-state index is 13.4. The van der Waals surface area contributed by atoms with E-state index < -0.39 is 11.7 Å². The first-order valence-corrected chi connectivity index (χ1v) is 11.8. The SMILES string of the molecule is COc1cc2c(cc1OC)CN(C(=O)c1ccc(-c3ccc(NC(=O)c4cccc(F)c4)cc3)o1)CC2. The maximum absolute atomic E-state index is 13.4. The van der Waals surface area contributed by atoms with E-state index in [-0.39, 0.29) is 17.2 Å². The molecular weight excluding hydrogens is 475 g/mol. The van der Waals surface area contributed by atoms with Crippen molar-refractivity contribution in [3.63, 3.8) is 0 Å². The summed E-state index contributed by atoms with van der Waals surface area (Å²) in [6, 6.07) is 19.8. The molecule has 4 aromatic rings. The van der Waals surface area contributed by atoms with Crippen LogP contribution in [0.3, 0.4) is 0 Å². The van der Waals surface area contributed by atoms with Crippen molar-refractivity contribution in [1.29, 1.82) is 0 Å². The number of methoxy groups -OCH3 is 2. The number of amides is 2. The Hall–Kier alpha value is -4.59. The monoisotopic (exact) mass is 500 g/mol. The number of anilines is 1. The molecule has 0 fully saturated rings. The highest BCUT2D eigenvalue weighted by atomic mass is 19.1. The Kier molecular flexibility index (Phi) is 6.64. The lowest BCUT2D eigenvalue weighted by atomic mass is 9.98. The van der Waals surface area contributed by atoms with Crippen LogP contribution in [0.1, 0.15) is 32.0 Å². The van der Waals surface area contributed by atoms with Crippen molar-refractivity contribution >= 4 is 17.5 Å². The zero-order chi connectivity index (χ0) is 25.9. The smallest absolute Gasteiger partial charge is 0.289 e. The fraction of sp³-hybridized carbons (Fsp3) is 0.172. The number of nitrogens with zero attached hydrogens (tertiary/aromatic N) is 1. The summed E-state index contributed by atoms with van der Waals surface area (Å²) in [5, 5.41) is 2.74. The number of carbonyl (C=O) groups excluding carboxylic acids is 2. The Morgan fingerprint density at radius 3 is 2.35 bits per heavy atom. The van der Waals surface area contributed by atoms with E-state index >= 15 is 0 Å². The number of furan rings is 1. The van der Waals surface area contributed by atoms with Gasteiger partial charge in [0.05, 0.1) is 14.2 Å². The molecule has 1 aliphatic rings. The fourth-order valence-electron chi connectivity index (χ4n) is 4.37. The van der Waals surface area contributed by atoms with Gasteiger partial charge in [-0.2, -0.15) is 0 Å². The van der Waals surface area contributed by atoms with E-state index in [1.165, 1.54) is 18.2 Å². The fourth-order valence-corrected chi connectivity index (χ4v) is 4.37. The van der Waals surface area contributed by atoms with Crippen LogP contribution in [0.4, 0.5) is 10.1 Å². The Labute approximate surface area is 213 Å². The summed E-state index contributed by atoms with van der Waals surface area (Å²) in [6.45, 7) is 1.02. The van der Waals surface area contributed by atoms with Gasteiger partial charge in [0.1, 0.15) is 11.6 Å². The van der Waals surface area contributed by atoms with Crippen LogP contribution >= 0.6 is 0 Å². The van der Waals surface area contributed by atoms with E-state index in [1.54, 1.807) is 61.6 Å². The number of fused-ring (bicyclic) bond motifs is 1. The molecule has 188 valence electrons. The lowest BCUT2D eigenvalue weighted by Crippen LogP contribution is -2.35. The highest BCUT2D eigenvalue weighted by molar-refractivity contribution is 6.04. The Balaban J connectivity index is 1.26. The average molecular weight is 501 g/mol. The molecule has 0 saturated carbocycles. The minimum atomic E-state index is -0.472. The minimum absolute atomic E-state index is 0.189. The van der Waals surface area contributed by atoms with E-state index in [9.17, 15) is 14.0 Å². The topological polar surface area (TPSA) is 81.0 Å². The third-order valence-electron chi connectivity index (χ3n) is 6.34. The van der Waals surface area contributed by atoms with Gasteiger partial charge in [0.25, 0.3) is 11.8 Å². The van der Waals surface area contributed by atoms with Gasteiger partial charge in [0.2, 0.25) is 0 Å². The second-order valence-corrected chi connectivity index (χ2v) is 8.66. The van der Waals surface area contributed by atoms with Crippen LogP contribution in [0, 0.1) is 5.82 Å². The quantitative estimate of drug-likeness (QED) is 0.375. The largest absolute Gasteiger partial charge is 0.493 e. The molecule has 0 aliphatic carbocycles. The molecule has 2 amide bonds. The molecule has 0 spiro atoms. The minimum Gasteiger partial charge on any atom is -0.493 e. The van der Waals surface area contributed by atoms with E-state index in [4.69, 9.17) is 13.9 Å². The summed E-state index contributed by atoms with van der Waals surface area (Å²) >= 11 is 0. The number of rotatable bonds is 6. The first-order valence-electron chi connectivity index (χ1n) is 11.8. The molecule has 0 unspecified atom stereocenters. The predicted molar refractivity (Wildman–Crippen MR) is 136 cm³/mol. The first kappa shape index (κ1) is 24.1. The number of carbonyl (C=O) groups is 2. The summed E-state index contributed by atoms with van der Waals surface area (Å²) in [5.74, 6) is 1.03. The molecule has 0 radical (unpaired) electrons. The Bertz CT molecular complexity index is 1460. The number of nitrogens with one attached hydrogen (secondary N) is 1. The van der Waals surface area contributed by atoms with Crippen LogP contribution < -0.4 is 14.8 Å². The standard InChI is InChI=1S/C29H25FN2O5/c1-35-26-15-19-12-13-32(17-21(19)16-27(26)36-2)29(34)25-11-10-24(37-25)18-6-8-23(9-7-18)31-28(33)20-4-3-5-22(30)14-20/h3-11,14-16H,12-13,17H2,1-2H3,(H,31,33). The maximum Gasteiger partial charge on any atom is 0.289 e. The van der Waals surface area contributed by atoms with Crippen molar-refractivity contribution in [1.82, 2.24) is 4.90 Å². The van der Waals surface area contributed by atoms with Gasteiger partial charge in [-0.3, -0.25) is 9.59 Å². The van der Waals surface area contributed by atoms with Crippen molar-refractivity contribution in [3.05, 3.63) is 101 Å². The molecule has 2 heterocycles. The van der Waals surface area contributed by atoms with Crippen molar-refractivity contribution in [2.45, 2.75) is 13.0 Å². The van der Waals surface area contributed by atoms with Gasteiger partial charge in [-0.25, -0.2) is 4.39 Å². The van der Waals surface area contributed by atoms with Gasteiger partial charge in [0, 0.05) is 29.9 Å². The molecular formula is C29H25FN2O5. The number of hydrogen-bond acceptors (Lipinski definition) is 5. The third-order valence-corrected chi connectivity index (χ3v) is 6.34. The zero-order valence-electron chi connectivity index (χ0n) is 20.4. The second kappa shape index (κ2) is 10.2. The van der Waals surface area contributed by atoms with Crippen LogP contribution in [0.25, 0.3) is 11.3 Å². The molecule has 7 nitrogen and oxygen atoms in total. The highest BCUT2D eigenvalue weighted by Crippen LogP contribution is 2.34. The van der Waals surface area contributed by atoms with Gasteiger partial charge in [0.15, 0.2) is 17.3 Å². The number of halogens is 1. The number of benzene rings is 3. The molecule has 1 aromatic heterocycles. The van der Waals surface area contributed by atoms with Crippen molar-refractivity contribution < 1.29 is 27.9 Å². The summed E-state index contributed by atoms with van der Waals surface area (Å²) in [6.07, 6.45) is 0.706. The predicted octanol–water partition coefficient (Wildman–Crippen LogP) is 5.55. The highest BCUT2D eigenvalue weighted by Gasteiger charge is 2.25. The molecule has 3 aromatic carbocycles. The molecule has 37 heavy (non-hydrogen) atoms. The zero-order valence-corrected chi connectivity index (χ0v) is 20.4. The van der Waals surface area contributed by atoms with E-state index in [1.807, 2.05) is 12.1 Å². The van der Waals surface area contributed by atoms with Crippen molar-refractivity contribution in [2.24, 2.45) is 0 Å².